The molecule has 0 bridgehead atoms. The molecule has 2 saturated heterocycles. The Morgan fingerprint density at radius 1 is 1.50 bits per heavy atom. The Balaban J connectivity index is 2.22. The summed E-state index contributed by atoms with van der Waals surface area (Å²) >= 11 is 1.87. The standard InChI is InChI=1S/C7H12O2S/c1-3-7-4-5-10-6(7,2)8-9-7/h3-5H2,1-2H3/t6-,7+/m0/s1. The quantitative estimate of drug-likeness (QED) is 0.546. The van der Waals surface area contributed by atoms with E-state index in [0.29, 0.717) is 0 Å². The zero-order chi connectivity index (χ0) is 7.24. The summed E-state index contributed by atoms with van der Waals surface area (Å²) in [7, 11) is 0. The Bertz CT molecular complexity index is 158. The van der Waals surface area contributed by atoms with Gasteiger partial charge in [0.25, 0.3) is 0 Å². The maximum atomic E-state index is 5.17. The van der Waals surface area contributed by atoms with Crippen molar-refractivity contribution in [1.82, 2.24) is 0 Å². The summed E-state index contributed by atoms with van der Waals surface area (Å²) < 4.78 is 0. The molecule has 0 aromatic rings. The van der Waals surface area contributed by atoms with Crippen LogP contribution in [0.25, 0.3) is 0 Å². The summed E-state index contributed by atoms with van der Waals surface area (Å²) in [5.74, 6) is 1.17. The number of rotatable bonds is 1. The second kappa shape index (κ2) is 1.90. The van der Waals surface area contributed by atoms with Crippen molar-refractivity contribution in [2.45, 2.75) is 37.2 Å². The summed E-state index contributed by atoms with van der Waals surface area (Å²) in [5.41, 5.74) is 0.0532. The Morgan fingerprint density at radius 2 is 2.30 bits per heavy atom. The lowest BCUT2D eigenvalue weighted by Crippen LogP contribution is -2.59. The van der Waals surface area contributed by atoms with Gasteiger partial charge in [-0.1, -0.05) is 6.92 Å². The molecule has 0 aromatic heterocycles. The van der Waals surface area contributed by atoms with Crippen LogP contribution in [0.2, 0.25) is 0 Å². The van der Waals surface area contributed by atoms with E-state index >= 15 is 0 Å². The van der Waals surface area contributed by atoms with Crippen molar-refractivity contribution in [3.8, 4) is 0 Å². The van der Waals surface area contributed by atoms with Crippen molar-refractivity contribution >= 4 is 11.8 Å². The lowest BCUT2D eigenvalue weighted by molar-refractivity contribution is -0.517. The van der Waals surface area contributed by atoms with Crippen molar-refractivity contribution in [1.29, 1.82) is 0 Å². The topological polar surface area (TPSA) is 18.5 Å². The summed E-state index contributed by atoms with van der Waals surface area (Å²) in [4.78, 5) is 10.2. The van der Waals surface area contributed by atoms with Crippen LogP contribution in [0.4, 0.5) is 0 Å². The van der Waals surface area contributed by atoms with Crippen LogP contribution < -0.4 is 0 Å². The first-order valence-corrected chi connectivity index (χ1v) is 4.72. The number of hydrogen-bond donors (Lipinski definition) is 0. The van der Waals surface area contributed by atoms with E-state index in [2.05, 4.69) is 13.8 Å². The molecule has 10 heavy (non-hydrogen) atoms. The van der Waals surface area contributed by atoms with Crippen molar-refractivity contribution in [2.75, 3.05) is 5.75 Å². The minimum Gasteiger partial charge on any atom is -0.224 e. The molecule has 2 atom stereocenters. The summed E-state index contributed by atoms with van der Waals surface area (Å²) in [6.45, 7) is 4.28. The van der Waals surface area contributed by atoms with Gasteiger partial charge in [0.05, 0.1) is 0 Å². The zero-order valence-electron chi connectivity index (χ0n) is 6.35. The van der Waals surface area contributed by atoms with E-state index in [-0.39, 0.29) is 10.5 Å². The first kappa shape index (κ1) is 6.95. The molecule has 0 radical (unpaired) electrons. The van der Waals surface area contributed by atoms with Gasteiger partial charge in [0.15, 0.2) is 4.93 Å². The molecule has 58 valence electrons. The summed E-state index contributed by atoms with van der Waals surface area (Å²) in [6, 6.07) is 0. The first-order chi connectivity index (χ1) is 4.72. The van der Waals surface area contributed by atoms with Gasteiger partial charge >= 0.3 is 0 Å². The SMILES string of the molecule is CC[C@@]12CCS[C@]1(C)OO2. The largest absolute Gasteiger partial charge is 0.224 e. The summed E-state index contributed by atoms with van der Waals surface area (Å²) in [5, 5.41) is 0. The van der Waals surface area contributed by atoms with E-state index in [1.54, 1.807) is 0 Å². The molecule has 0 aliphatic carbocycles. The highest BCUT2D eigenvalue weighted by Gasteiger charge is 2.63. The molecule has 2 rings (SSSR count). The molecule has 2 fully saturated rings. The van der Waals surface area contributed by atoms with Crippen LogP contribution in [0.1, 0.15) is 26.7 Å². The van der Waals surface area contributed by atoms with Crippen LogP contribution >= 0.6 is 11.8 Å². The van der Waals surface area contributed by atoms with Gasteiger partial charge in [-0.25, -0.2) is 9.78 Å². The van der Waals surface area contributed by atoms with Crippen molar-refractivity contribution in [2.24, 2.45) is 0 Å². The van der Waals surface area contributed by atoms with Crippen LogP contribution in [-0.2, 0) is 9.78 Å². The van der Waals surface area contributed by atoms with Gasteiger partial charge in [-0.2, -0.15) is 0 Å². The molecule has 0 N–H and O–H groups in total. The highest BCUT2D eigenvalue weighted by atomic mass is 32.2. The van der Waals surface area contributed by atoms with Crippen LogP contribution in [-0.4, -0.2) is 16.3 Å². The third-order valence-corrected chi connectivity index (χ3v) is 4.04. The maximum Gasteiger partial charge on any atom is 0.178 e. The lowest BCUT2D eigenvalue weighted by atomic mass is 9.90. The van der Waals surface area contributed by atoms with Crippen LogP contribution in [0.15, 0.2) is 0 Å². The Kier molecular flexibility index (Phi) is 1.32. The Hall–Kier alpha value is 0.270. The van der Waals surface area contributed by atoms with Crippen LogP contribution in [0.3, 0.4) is 0 Å². The van der Waals surface area contributed by atoms with Gasteiger partial charge in [-0.05, 0) is 25.5 Å². The Morgan fingerprint density at radius 3 is 2.60 bits per heavy atom. The minimum atomic E-state index is -0.0260. The summed E-state index contributed by atoms with van der Waals surface area (Å²) in [6.07, 6.45) is 2.21. The maximum absolute atomic E-state index is 5.17. The van der Waals surface area contributed by atoms with E-state index < -0.39 is 0 Å². The number of thioether (sulfide) groups is 1. The zero-order valence-corrected chi connectivity index (χ0v) is 7.16. The fraction of sp³-hybridized carbons (Fsp3) is 1.00. The van der Waals surface area contributed by atoms with Gasteiger partial charge in [0, 0.05) is 0 Å². The average Bonchev–Trinajstić information content (AvgIpc) is 2.13. The van der Waals surface area contributed by atoms with E-state index in [9.17, 15) is 0 Å². The molecule has 2 nitrogen and oxygen atoms in total. The predicted octanol–water partition coefficient (Wildman–Crippen LogP) is 1.95. The van der Waals surface area contributed by atoms with Crippen LogP contribution in [0, 0.1) is 0 Å². The van der Waals surface area contributed by atoms with Gasteiger partial charge in [0.1, 0.15) is 5.60 Å². The van der Waals surface area contributed by atoms with Gasteiger partial charge < -0.3 is 0 Å². The average molecular weight is 160 g/mol. The fourth-order valence-electron chi connectivity index (χ4n) is 1.67. The molecule has 0 aromatic carbocycles. The van der Waals surface area contributed by atoms with Crippen molar-refractivity contribution < 1.29 is 9.78 Å². The lowest BCUT2D eigenvalue weighted by Gasteiger charge is -2.49. The Labute approximate surface area is 65.2 Å². The molecule has 3 heteroatoms. The first-order valence-electron chi connectivity index (χ1n) is 3.73. The van der Waals surface area contributed by atoms with Crippen molar-refractivity contribution in [3.05, 3.63) is 0 Å². The monoisotopic (exact) mass is 160 g/mol. The number of hydrogen-bond acceptors (Lipinski definition) is 3. The van der Waals surface area contributed by atoms with E-state index in [1.807, 2.05) is 11.8 Å². The molecule has 2 aliphatic heterocycles. The smallest absolute Gasteiger partial charge is 0.178 e. The molecule has 0 unspecified atom stereocenters. The van der Waals surface area contributed by atoms with Crippen molar-refractivity contribution in [3.63, 3.8) is 0 Å². The molecule has 0 amide bonds. The highest BCUT2D eigenvalue weighted by Crippen LogP contribution is 2.57. The van der Waals surface area contributed by atoms with E-state index in [0.717, 1.165) is 12.8 Å². The van der Waals surface area contributed by atoms with Gasteiger partial charge in [-0.15, -0.1) is 11.8 Å². The third kappa shape index (κ3) is 0.588. The molecule has 0 saturated carbocycles. The predicted molar refractivity (Wildman–Crippen MR) is 40.7 cm³/mol. The van der Waals surface area contributed by atoms with E-state index in [4.69, 9.17) is 9.78 Å². The molecular formula is C7H12O2S. The normalized spacial score (nSPS) is 52.2. The van der Waals surface area contributed by atoms with Gasteiger partial charge in [-0.3, -0.25) is 0 Å². The molecule has 2 aliphatic rings. The van der Waals surface area contributed by atoms with Crippen LogP contribution in [0.5, 0.6) is 0 Å². The minimum absolute atomic E-state index is 0.0260. The fourth-order valence-corrected chi connectivity index (χ4v) is 3.12. The molecular weight excluding hydrogens is 148 g/mol. The van der Waals surface area contributed by atoms with E-state index in [1.165, 1.54) is 5.75 Å². The highest BCUT2D eigenvalue weighted by molar-refractivity contribution is 8.00. The molecule has 0 spiro atoms. The second-order valence-corrected chi connectivity index (χ2v) is 4.53. The third-order valence-electron chi connectivity index (χ3n) is 2.64. The second-order valence-electron chi connectivity index (χ2n) is 3.06. The van der Waals surface area contributed by atoms with Gasteiger partial charge in [0.2, 0.25) is 0 Å². The molecule has 2 heterocycles. The number of fused-ring (bicyclic) bond motifs is 1.